The van der Waals surface area contributed by atoms with Gasteiger partial charge in [0.15, 0.2) is 0 Å². The third-order valence-electron chi connectivity index (χ3n) is 4.25. The summed E-state index contributed by atoms with van der Waals surface area (Å²) < 4.78 is 0. The fourth-order valence-corrected chi connectivity index (χ4v) is 3.21. The lowest BCUT2D eigenvalue weighted by Crippen LogP contribution is -2.43. The van der Waals surface area contributed by atoms with Crippen molar-refractivity contribution in [1.82, 2.24) is 10.2 Å². The summed E-state index contributed by atoms with van der Waals surface area (Å²) in [4.78, 5) is 14.8. The van der Waals surface area contributed by atoms with Crippen LogP contribution in [0.25, 0.3) is 0 Å². The Bertz CT molecular complexity index is 291. The molecule has 1 heterocycles. The van der Waals surface area contributed by atoms with Gasteiger partial charge in [0.25, 0.3) is 0 Å². The summed E-state index contributed by atoms with van der Waals surface area (Å²) in [5.74, 6) is 0.898. The van der Waals surface area contributed by atoms with E-state index in [1.807, 2.05) is 0 Å². The molecule has 0 aliphatic carbocycles. The van der Waals surface area contributed by atoms with Crippen LogP contribution >= 0.6 is 0 Å². The van der Waals surface area contributed by atoms with Crippen molar-refractivity contribution in [3.05, 3.63) is 0 Å². The smallest absolute Gasteiger partial charge is 0.241 e. The van der Waals surface area contributed by atoms with E-state index in [0.29, 0.717) is 17.9 Å². The summed E-state index contributed by atoms with van der Waals surface area (Å²) in [6.07, 6.45) is 8.28. The fourth-order valence-electron chi connectivity index (χ4n) is 3.21. The summed E-state index contributed by atoms with van der Waals surface area (Å²) in [6, 6.07) is 0.412. The average Bonchev–Trinajstić information content (AvgIpc) is 2.66. The topological polar surface area (TPSA) is 32.3 Å². The van der Waals surface area contributed by atoms with Gasteiger partial charge in [0.2, 0.25) is 5.91 Å². The quantitative estimate of drug-likeness (QED) is 0.650. The van der Waals surface area contributed by atoms with E-state index in [1.165, 1.54) is 19.3 Å². The monoisotopic (exact) mass is 282 g/mol. The second-order valence-electron chi connectivity index (χ2n) is 6.74. The van der Waals surface area contributed by atoms with Crippen molar-refractivity contribution in [1.29, 1.82) is 0 Å². The van der Waals surface area contributed by atoms with Crippen LogP contribution in [0.1, 0.15) is 79.6 Å². The third-order valence-corrected chi connectivity index (χ3v) is 4.25. The van der Waals surface area contributed by atoms with Gasteiger partial charge in [0.1, 0.15) is 0 Å². The van der Waals surface area contributed by atoms with Crippen LogP contribution in [0.2, 0.25) is 0 Å². The van der Waals surface area contributed by atoms with Gasteiger partial charge in [-0.15, -0.1) is 0 Å². The lowest BCUT2D eigenvalue weighted by atomic mass is 10.0. The average molecular weight is 282 g/mol. The minimum atomic E-state index is 0.0418. The molecule has 1 amide bonds. The molecule has 3 unspecified atom stereocenters. The SMILES string of the molecule is CCCCCC(C)N1C(=O)C(CC(C)C)NC1CCC. The Morgan fingerprint density at radius 3 is 2.40 bits per heavy atom. The molecule has 3 nitrogen and oxygen atoms in total. The molecule has 0 saturated carbocycles. The normalized spacial score (nSPS) is 24.7. The number of carbonyl (C=O) groups excluding carboxylic acids is 1. The minimum Gasteiger partial charge on any atom is -0.323 e. The van der Waals surface area contributed by atoms with Gasteiger partial charge in [-0.25, -0.2) is 0 Å². The Labute approximate surface area is 125 Å². The van der Waals surface area contributed by atoms with Gasteiger partial charge in [-0.2, -0.15) is 0 Å². The van der Waals surface area contributed by atoms with Crippen LogP contribution in [0.4, 0.5) is 0 Å². The highest BCUT2D eigenvalue weighted by Gasteiger charge is 2.40. The molecule has 3 heteroatoms. The molecule has 3 atom stereocenters. The molecule has 1 N–H and O–H groups in total. The molecular formula is C17H34N2O. The van der Waals surface area contributed by atoms with E-state index < -0.39 is 0 Å². The molecule has 0 aromatic rings. The lowest BCUT2D eigenvalue weighted by Gasteiger charge is -2.30. The zero-order valence-electron chi connectivity index (χ0n) is 14.1. The predicted octanol–water partition coefficient (Wildman–Crippen LogP) is 3.93. The Hall–Kier alpha value is -0.570. The van der Waals surface area contributed by atoms with E-state index >= 15 is 0 Å². The first kappa shape index (κ1) is 17.5. The van der Waals surface area contributed by atoms with Crippen LogP contribution in [-0.4, -0.2) is 29.1 Å². The first-order chi connectivity index (χ1) is 9.51. The zero-order valence-corrected chi connectivity index (χ0v) is 14.1. The van der Waals surface area contributed by atoms with Crippen molar-refractivity contribution >= 4 is 5.91 Å². The van der Waals surface area contributed by atoms with Crippen molar-refractivity contribution in [2.45, 2.75) is 97.8 Å². The maximum atomic E-state index is 12.7. The minimum absolute atomic E-state index is 0.0418. The highest BCUT2D eigenvalue weighted by atomic mass is 16.2. The van der Waals surface area contributed by atoms with E-state index in [2.05, 4.69) is 44.8 Å². The van der Waals surface area contributed by atoms with E-state index in [1.54, 1.807) is 0 Å². The van der Waals surface area contributed by atoms with E-state index in [4.69, 9.17) is 0 Å². The fraction of sp³-hybridized carbons (Fsp3) is 0.941. The predicted molar refractivity (Wildman–Crippen MR) is 85.5 cm³/mol. The van der Waals surface area contributed by atoms with Gasteiger partial charge >= 0.3 is 0 Å². The summed E-state index contributed by atoms with van der Waals surface area (Å²) in [6.45, 7) is 11.0. The molecule has 1 aliphatic rings. The first-order valence-electron chi connectivity index (χ1n) is 8.59. The van der Waals surface area contributed by atoms with Crippen LogP contribution in [0, 0.1) is 5.92 Å². The molecule has 0 spiro atoms. The molecule has 1 aliphatic heterocycles. The van der Waals surface area contributed by atoms with Gasteiger partial charge < -0.3 is 4.90 Å². The van der Waals surface area contributed by atoms with Gasteiger partial charge in [-0.1, -0.05) is 53.4 Å². The second-order valence-corrected chi connectivity index (χ2v) is 6.74. The van der Waals surface area contributed by atoms with E-state index in [0.717, 1.165) is 25.7 Å². The maximum absolute atomic E-state index is 12.7. The molecule has 118 valence electrons. The Morgan fingerprint density at radius 1 is 1.15 bits per heavy atom. The molecule has 0 aromatic carbocycles. The molecule has 1 rings (SSSR count). The van der Waals surface area contributed by atoms with Gasteiger partial charge in [0.05, 0.1) is 12.2 Å². The van der Waals surface area contributed by atoms with Crippen molar-refractivity contribution in [3.63, 3.8) is 0 Å². The third kappa shape index (κ3) is 4.76. The van der Waals surface area contributed by atoms with Crippen LogP contribution in [0.5, 0.6) is 0 Å². The standard InChI is InChI=1S/C17H34N2O/c1-6-8-9-11-14(5)19-16(10-7-2)18-15(17(19)20)12-13(3)4/h13-16,18H,6-12H2,1-5H3. The number of nitrogens with zero attached hydrogens (tertiary/aromatic N) is 1. The Kier molecular flexibility index (Phi) is 7.57. The summed E-state index contributed by atoms with van der Waals surface area (Å²) >= 11 is 0. The molecule has 1 fully saturated rings. The molecule has 0 bridgehead atoms. The number of unbranched alkanes of at least 4 members (excludes halogenated alkanes) is 2. The zero-order chi connectivity index (χ0) is 15.1. The number of rotatable bonds is 9. The maximum Gasteiger partial charge on any atom is 0.241 e. The number of hydrogen-bond acceptors (Lipinski definition) is 2. The summed E-state index contributed by atoms with van der Waals surface area (Å²) in [5.41, 5.74) is 0. The number of nitrogens with one attached hydrogen (secondary N) is 1. The van der Waals surface area contributed by atoms with Gasteiger partial charge in [-0.05, 0) is 32.1 Å². The molecule has 20 heavy (non-hydrogen) atoms. The Balaban J connectivity index is 2.65. The number of hydrogen-bond donors (Lipinski definition) is 1. The van der Waals surface area contributed by atoms with Crippen LogP contribution in [-0.2, 0) is 4.79 Å². The molecular weight excluding hydrogens is 248 g/mol. The summed E-state index contributed by atoms with van der Waals surface area (Å²) in [5, 5.41) is 3.57. The van der Waals surface area contributed by atoms with Crippen LogP contribution in [0.15, 0.2) is 0 Å². The lowest BCUT2D eigenvalue weighted by molar-refractivity contribution is -0.132. The Morgan fingerprint density at radius 2 is 1.85 bits per heavy atom. The van der Waals surface area contributed by atoms with Crippen molar-refractivity contribution in [3.8, 4) is 0 Å². The van der Waals surface area contributed by atoms with E-state index in [9.17, 15) is 4.79 Å². The van der Waals surface area contributed by atoms with Crippen LogP contribution < -0.4 is 5.32 Å². The molecule has 0 aromatic heterocycles. The van der Waals surface area contributed by atoms with Crippen molar-refractivity contribution in [2.75, 3.05) is 0 Å². The van der Waals surface area contributed by atoms with Crippen molar-refractivity contribution < 1.29 is 4.79 Å². The van der Waals surface area contributed by atoms with Crippen LogP contribution in [0.3, 0.4) is 0 Å². The largest absolute Gasteiger partial charge is 0.323 e. The number of amides is 1. The highest BCUT2D eigenvalue weighted by molar-refractivity contribution is 5.84. The van der Waals surface area contributed by atoms with E-state index in [-0.39, 0.29) is 12.2 Å². The first-order valence-corrected chi connectivity index (χ1v) is 8.59. The number of carbonyl (C=O) groups is 1. The van der Waals surface area contributed by atoms with Gasteiger partial charge in [0, 0.05) is 6.04 Å². The van der Waals surface area contributed by atoms with Crippen molar-refractivity contribution in [2.24, 2.45) is 5.92 Å². The van der Waals surface area contributed by atoms with Gasteiger partial charge in [-0.3, -0.25) is 10.1 Å². The molecule has 0 radical (unpaired) electrons. The summed E-state index contributed by atoms with van der Waals surface area (Å²) in [7, 11) is 0. The molecule has 1 saturated heterocycles. The highest BCUT2D eigenvalue weighted by Crippen LogP contribution is 2.24. The second kappa shape index (κ2) is 8.66.